The Kier molecular flexibility index (Phi) is 5.33. The molecule has 1 aromatic heterocycles. The van der Waals surface area contributed by atoms with E-state index in [9.17, 15) is 9.50 Å². The van der Waals surface area contributed by atoms with Gasteiger partial charge in [0.25, 0.3) is 0 Å². The van der Waals surface area contributed by atoms with Crippen molar-refractivity contribution in [2.75, 3.05) is 0 Å². The molecule has 2 aromatic carbocycles. The van der Waals surface area contributed by atoms with Crippen molar-refractivity contribution in [2.24, 2.45) is 0 Å². The second kappa shape index (κ2) is 7.64. The van der Waals surface area contributed by atoms with Crippen LogP contribution in [0.25, 0.3) is 0 Å². The van der Waals surface area contributed by atoms with Crippen LogP contribution in [0.5, 0.6) is 0 Å². The fourth-order valence-corrected chi connectivity index (χ4v) is 3.71. The number of hydrogen-bond donors (Lipinski definition) is 1. The van der Waals surface area contributed by atoms with Crippen LogP contribution in [0.2, 0.25) is 0 Å². The summed E-state index contributed by atoms with van der Waals surface area (Å²) >= 11 is 1.47. The molecule has 1 atom stereocenters. The third-order valence-electron chi connectivity index (χ3n) is 3.99. The normalized spacial score (nSPS) is 12.3. The second-order valence-corrected chi connectivity index (χ2v) is 6.47. The molecule has 1 unspecified atom stereocenters. The maximum Gasteiger partial charge on any atom is 0.169 e. The zero-order chi connectivity index (χ0) is 16.9. The van der Waals surface area contributed by atoms with Crippen LogP contribution in [0, 0.1) is 5.82 Å². The molecule has 3 rings (SSSR count). The lowest BCUT2D eigenvalue weighted by Crippen LogP contribution is -2.11. The van der Waals surface area contributed by atoms with Crippen LogP contribution in [0.15, 0.2) is 66.0 Å². The van der Waals surface area contributed by atoms with Gasteiger partial charge in [0.1, 0.15) is 5.82 Å². The topological polar surface area (TPSA) is 38.0 Å². The quantitative estimate of drug-likeness (QED) is 0.674. The summed E-state index contributed by atoms with van der Waals surface area (Å²) in [6, 6.07) is 16.9. The van der Waals surface area contributed by atoms with E-state index in [0.29, 0.717) is 11.3 Å². The molecule has 24 heavy (non-hydrogen) atoms. The Morgan fingerprint density at radius 1 is 1.12 bits per heavy atom. The monoisotopic (exact) mass is 342 g/mol. The van der Waals surface area contributed by atoms with Gasteiger partial charge in [-0.15, -0.1) is 0 Å². The number of rotatable bonds is 6. The van der Waals surface area contributed by atoms with Crippen LogP contribution in [0.3, 0.4) is 0 Å². The summed E-state index contributed by atoms with van der Waals surface area (Å²) in [5.41, 5.74) is 2.54. The van der Waals surface area contributed by atoms with E-state index in [1.807, 2.05) is 28.8 Å². The molecule has 1 heterocycles. The molecule has 0 aliphatic rings. The van der Waals surface area contributed by atoms with Crippen LogP contribution in [0.4, 0.5) is 4.39 Å². The molecule has 0 spiro atoms. The summed E-state index contributed by atoms with van der Waals surface area (Å²) in [6.07, 6.45) is 1.68. The van der Waals surface area contributed by atoms with Gasteiger partial charge >= 0.3 is 0 Å². The molecular formula is C19H19FN2OS. The standard InChI is InChI=1S/C19H19FN2OS/c1-14(15-7-3-2-4-8-15)22-17(12-23)11-21-19(22)24-13-16-9-5-6-10-18(16)20/h2-11,14,23H,12-13H2,1H3. The number of aliphatic hydroxyl groups excluding tert-OH is 1. The van der Waals surface area contributed by atoms with Crippen molar-refractivity contribution in [1.29, 1.82) is 0 Å². The minimum Gasteiger partial charge on any atom is -0.390 e. The summed E-state index contributed by atoms with van der Waals surface area (Å²) < 4.78 is 15.8. The van der Waals surface area contributed by atoms with E-state index < -0.39 is 0 Å². The van der Waals surface area contributed by atoms with Gasteiger partial charge in [0.2, 0.25) is 0 Å². The highest BCUT2D eigenvalue weighted by molar-refractivity contribution is 7.98. The zero-order valence-electron chi connectivity index (χ0n) is 13.4. The lowest BCUT2D eigenvalue weighted by Gasteiger charge is -2.19. The number of aromatic nitrogens is 2. The Bertz CT molecular complexity index is 804. The molecule has 0 aliphatic carbocycles. The van der Waals surface area contributed by atoms with E-state index in [2.05, 4.69) is 24.0 Å². The Morgan fingerprint density at radius 2 is 1.83 bits per heavy atom. The largest absolute Gasteiger partial charge is 0.390 e. The number of thioether (sulfide) groups is 1. The first kappa shape index (κ1) is 16.7. The molecule has 3 aromatic rings. The third kappa shape index (κ3) is 3.52. The highest BCUT2D eigenvalue weighted by atomic mass is 32.2. The van der Waals surface area contributed by atoms with Gasteiger partial charge in [-0.1, -0.05) is 60.3 Å². The van der Waals surface area contributed by atoms with Gasteiger partial charge in [0.05, 0.1) is 24.5 Å². The lowest BCUT2D eigenvalue weighted by molar-refractivity contribution is 0.267. The number of imidazole rings is 1. The molecule has 0 fully saturated rings. The minimum atomic E-state index is -0.207. The summed E-state index contributed by atoms with van der Waals surface area (Å²) in [6.45, 7) is 1.99. The predicted molar refractivity (Wildman–Crippen MR) is 94.4 cm³/mol. The molecule has 1 N–H and O–H groups in total. The van der Waals surface area contributed by atoms with Gasteiger partial charge < -0.3 is 9.67 Å². The summed E-state index contributed by atoms with van der Waals surface area (Å²) in [5, 5.41) is 10.4. The van der Waals surface area contributed by atoms with Gasteiger partial charge in [-0.25, -0.2) is 9.37 Å². The Hall–Kier alpha value is -2.11. The molecule has 3 nitrogen and oxygen atoms in total. The molecular weight excluding hydrogens is 323 g/mol. The maximum absolute atomic E-state index is 13.8. The SMILES string of the molecule is CC(c1ccccc1)n1c(CO)cnc1SCc1ccccc1F. The minimum absolute atomic E-state index is 0.0407. The van der Waals surface area contributed by atoms with Crippen LogP contribution in [-0.4, -0.2) is 14.7 Å². The van der Waals surface area contributed by atoms with Crippen molar-refractivity contribution in [1.82, 2.24) is 9.55 Å². The van der Waals surface area contributed by atoms with Gasteiger partial charge in [-0.2, -0.15) is 0 Å². The van der Waals surface area contributed by atoms with Crippen molar-refractivity contribution in [3.63, 3.8) is 0 Å². The first-order valence-electron chi connectivity index (χ1n) is 7.79. The molecule has 0 saturated heterocycles. The summed E-state index contributed by atoms with van der Waals surface area (Å²) in [7, 11) is 0. The van der Waals surface area contributed by atoms with Gasteiger partial charge in [0, 0.05) is 5.75 Å². The molecule has 0 bridgehead atoms. The molecule has 0 saturated carbocycles. The van der Waals surface area contributed by atoms with E-state index in [1.165, 1.54) is 17.8 Å². The lowest BCUT2D eigenvalue weighted by atomic mass is 10.1. The van der Waals surface area contributed by atoms with Crippen molar-refractivity contribution < 1.29 is 9.50 Å². The van der Waals surface area contributed by atoms with Crippen LogP contribution in [-0.2, 0) is 12.4 Å². The molecule has 5 heteroatoms. The smallest absolute Gasteiger partial charge is 0.169 e. The highest BCUT2D eigenvalue weighted by Gasteiger charge is 2.17. The van der Waals surface area contributed by atoms with Gasteiger partial charge in [-0.3, -0.25) is 0 Å². The maximum atomic E-state index is 13.8. The average molecular weight is 342 g/mol. The van der Waals surface area contributed by atoms with E-state index >= 15 is 0 Å². The second-order valence-electron chi connectivity index (χ2n) is 5.53. The molecule has 124 valence electrons. The van der Waals surface area contributed by atoms with Crippen LogP contribution in [0.1, 0.15) is 29.8 Å². The number of benzene rings is 2. The van der Waals surface area contributed by atoms with Crippen LogP contribution < -0.4 is 0 Å². The van der Waals surface area contributed by atoms with Crippen molar-refractivity contribution in [3.05, 3.63) is 83.4 Å². The Morgan fingerprint density at radius 3 is 2.54 bits per heavy atom. The average Bonchev–Trinajstić information content (AvgIpc) is 3.04. The molecule has 0 aliphatic heterocycles. The first-order valence-corrected chi connectivity index (χ1v) is 8.77. The first-order chi connectivity index (χ1) is 11.7. The predicted octanol–water partition coefficient (Wildman–Crippen LogP) is 4.42. The van der Waals surface area contributed by atoms with E-state index in [4.69, 9.17) is 0 Å². The van der Waals surface area contributed by atoms with Crippen molar-refractivity contribution in [3.8, 4) is 0 Å². The number of hydrogen-bond acceptors (Lipinski definition) is 3. The van der Waals surface area contributed by atoms with E-state index in [-0.39, 0.29) is 18.5 Å². The summed E-state index contributed by atoms with van der Waals surface area (Å²) in [5.74, 6) is 0.289. The number of halogens is 1. The highest BCUT2D eigenvalue weighted by Crippen LogP contribution is 2.29. The van der Waals surface area contributed by atoms with Crippen molar-refractivity contribution >= 4 is 11.8 Å². The van der Waals surface area contributed by atoms with Crippen LogP contribution >= 0.6 is 11.8 Å². The van der Waals surface area contributed by atoms with Crippen molar-refractivity contribution in [2.45, 2.75) is 30.5 Å². The van der Waals surface area contributed by atoms with Gasteiger partial charge in [-0.05, 0) is 24.1 Å². The Labute approximate surface area is 145 Å². The molecule has 0 radical (unpaired) electrons. The third-order valence-corrected chi connectivity index (χ3v) is 5.00. The van der Waals surface area contributed by atoms with Gasteiger partial charge in [0.15, 0.2) is 5.16 Å². The van der Waals surface area contributed by atoms with E-state index in [1.54, 1.807) is 18.3 Å². The summed E-state index contributed by atoms with van der Waals surface area (Å²) in [4.78, 5) is 4.42. The number of nitrogens with zero attached hydrogens (tertiary/aromatic N) is 2. The zero-order valence-corrected chi connectivity index (χ0v) is 14.2. The van der Waals surface area contributed by atoms with E-state index in [0.717, 1.165) is 16.4 Å². The fourth-order valence-electron chi connectivity index (χ4n) is 2.65. The molecule has 0 amide bonds. The fraction of sp³-hybridized carbons (Fsp3) is 0.211. The number of aliphatic hydroxyl groups is 1. The Balaban J connectivity index is 1.87.